The second-order valence-electron chi connectivity index (χ2n) is 5.44. The second-order valence-corrected chi connectivity index (χ2v) is 7.13. The lowest BCUT2D eigenvalue weighted by molar-refractivity contribution is -0.123. The van der Waals surface area contributed by atoms with Crippen molar-refractivity contribution >= 4 is 21.6 Å². The van der Waals surface area contributed by atoms with Crippen molar-refractivity contribution in [3.63, 3.8) is 0 Å². The number of benzene rings is 2. The molecular formula is C18H22N2O5S. The fraction of sp³-hybridized carbons (Fsp3) is 0.278. The number of nitrogens with one attached hydrogen (secondary N) is 2. The number of rotatable bonds is 9. The molecule has 0 saturated carbocycles. The van der Waals surface area contributed by atoms with Crippen molar-refractivity contribution in [3.05, 3.63) is 48.5 Å². The van der Waals surface area contributed by atoms with Gasteiger partial charge in [0.1, 0.15) is 11.5 Å². The molecule has 2 N–H and O–H groups in total. The maximum Gasteiger partial charge on any atom is 0.261 e. The molecule has 8 heteroatoms. The van der Waals surface area contributed by atoms with Gasteiger partial charge in [0.25, 0.3) is 15.9 Å². The van der Waals surface area contributed by atoms with Crippen LogP contribution in [0.25, 0.3) is 0 Å². The van der Waals surface area contributed by atoms with Crippen LogP contribution in [0, 0.1) is 0 Å². The van der Waals surface area contributed by atoms with E-state index in [4.69, 9.17) is 9.47 Å². The molecule has 0 saturated heterocycles. The van der Waals surface area contributed by atoms with Crippen LogP contribution in [-0.4, -0.2) is 34.6 Å². The Morgan fingerprint density at radius 1 is 1.00 bits per heavy atom. The van der Waals surface area contributed by atoms with E-state index in [0.717, 1.165) is 6.42 Å². The van der Waals surface area contributed by atoms with Crippen LogP contribution in [0.15, 0.2) is 53.4 Å². The minimum Gasteiger partial charge on any atom is -0.497 e. The summed E-state index contributed by atoms with van der Waals surface area (Å²) in [5, 5.41) is 2.69. The molecule has 0 aromatic heterocycles. The van der Waals surface area contributed by atoms with Gasteiger partial charge in [0.05, 0.1) is 12.0 Å². The van der Waals surface area contributed by atoms with E-state index < -0.39 is 10.0 Å². The summed E-state index contributed by atoms with van der Waals surface area (Å²) < 4.78 is 37.7. The lowest BCUT2D eigenvalue weighted by Crippen LogP contribution is -2.29. The van der Waals surface area contributed by atoms with Gasteiger partial charge in [-0.1, -0.05) is 6.92 Å². The lowest BCUT2D eigenvalue weighted by atomic mass is 10.3. The highest BCUT2D eigenvalue weighted by Crippen LogP contribution is 2.21. The monoisotopic (exact) mass is 378 g/mol. The number of hydrogen-bond donors (Lipinski definition) is 2. The van der Waals surface area contributed by atoms with E-state index >= 15 is 0 Å². The third-order valence-corrected chi connectivity index (χ3v) is 4.82. The Hall–Kier alpha value is -2.74. The Morgan fingerprint density at radius 2 is 1.62 bits per heavy atom. The standard InChI is InChI=1S/C18H22N2O5S/c1-3-12-19-18(21)13-25-16-8-10-17(11-9-16)26(22,23)20-14-4-6-15(24-2)7-5-14/h4-11,20H,3,12-13H2,1-2H3,(H,19,21). The molecule has 0 fully saturated rings. The highest BCUT2D eigenvalue weighted by atomic mass is 32.2. The zero-order valence-electron chi connectivity index (χ0n) is 14.7. The second kappa shape index (κ2) is 9.10. The molecule has 26 heavy (non-hydrogen) atoms. The van der Waals surface area contributed by atoms with Gasteiger partial charge in [-0.2, -0.15) is 0 Å². The topological polar surface area (TPSA) is 93.7 Å². The van der Waals surface area contributed by atoms with Crippen molar-refractivity contribution in [2.24, 2.45) is 0 Å². The van der Waals surface area contributed by atoms with Crippen LogP contribution in [0.3, 0.4) is 0 Å². The summed E-state index contributed by atoms with van der Waals surface area (Å²) in [6.07, 6.45) is 0.847. The molecule has 140 valence electrons. The number of hydrogen-bond acceptors (Lipinski definition) is 5. The first-order valence-corrected chi connectivity index (χ1v) is 9.59. The fourth-order valence-electron chi connectivity index (χ4n) is 2.05. The minimum atomic E-state index is -3.72. The predicted molar refractivity (Wildman–Crippen MR) is 99.0 cm³/mol. The molecule has 0 aliphatic carbocycles. The van der Waals surface area contributed by atoms with Crippen molar-refractivity contribution < 1.29 is 22.7 Å². The van der Waals surface area contributed by atoms with Crippen molar-refractivity contribution in [3.8, 4) is 11.5 Å². The van der Waals surface area contributed by atoms with E-state index in [9.17, 15) is 13.2 Å². The van der Waals surface area contributed by atoms with E-state index in [-0.39, 0.29) is 17.4 Å². The summed E-state index contributed by atoms with van der Waals surface area (Å²) in [5.74, 6) is 0.835. The third-order valence-electron chi connectivity index (χ3n) is 3.42. The van der Waals surface area contributed by atoms with Gasteiger partial charge in [0, 0.05) is 12.2 Å². The van der Waals surface area contributed by atoms with E-state index in [1.165, 1.54) is 31.4 Å². The van der Waals surface area contributed by atoms with E-state index in [1.807, 2.05) is 6.92 Å². The lowest BCUT2D eigenvalue weighted by Gasteiger charge is -2.10. The minimum absolute atomic E-state index is 0.0936. The molecule has 0 atom stereocenters. The summed E-state index contributed by atoms with van der Waals surface area (Å²) >= 11 is 0. The molecule has 0 aliphatic heterocycles. The first kappa shape index (κ1) is 19.6. The zero-order valence-corrected chi connectivity index (χ0v) is 15.5. The average Bonchev–Trinajstić information content (AvgIpc) is 2.65. The SMILES string of the molecule is CCCNC(=O)COc1ccc(S(=O)(=O)Nc2ccc(OC)cc2)cc1. The smallest absolute Gasteiger partial charge is 0.261 e. The number of ether oxygens (including phenoxy) is 2. The van der Waals surface area contributed by atoms with E-state index in [0.29, 0.717) is 23.7 Å². The molecule has 7 nitrogen and oxygen atoms in total. The van der Waals surface area contributed by atoms with Crippen LogP contribution < -0.4 is 19.5 Å². The fourth-order valence-corrected chi connectivity index (χ4v) is 3.11. The number of anilines is 1. The quantitative estimate of drug-likeness (QED) is 0.699. The van der Waals surface area contributed by atoms with E-state index in [2.05, 4.69) is 10.0 Å². The van der Waals surface area contributed by atoms with Crippen LogP contribution in [0.4, 0.5) is 5.69 Å². The maximum absolute atomic E-state index is 12.4. The number of methoxy groups -OCH3 is 1. The number of sulfonamides is 1. The van der Waals surface area contributed by atoms with Crippen LogP contribution in [0.2, 0.25) is 0 Å². The number of carbonyl (C=O) groups excluding carboxylic acids is 1. The van der Waals surface area contributed by atoms with Crippen molar-refractivity contribution in [2.75, 3.05) is 25.0 Å². The Labute approximate surface area is 153 Å². The Bertz CT molecular complexity index is 818. The van der Waals surface area contributed by atoms with Gasteiger partial charge in [-0.3, -0.25) is 9.52 Å². The number of carbonyl (C=O) groups is 1. The number of amides is 1. The van der Waals surface area contributed by atoms with E-state index in [1.54, 1.807) is 24.3 Å². The Morgan fingerprint density at radius 3 is 2.19 bits per heavy atom. The van der Waals surface area contributed by atoms with Gasteiger partial charge < -0.3 is 14.8 Å². The van der Waals surface area contributed by atoms with Gasteiger partial charge in [-0.15, -0.1) is 0 Å². The first-order valence-electron chi connectivity index (χ1n) is 8.11. The van der Waals surface area contributed by atoms with Crippen LogP contribution in [0.1, 0.15) is 13.3 Å². The molecule has 2 aromatic rings. The third kappa shape index (κ3) is 5.66. The highest BCUT2D eigenvalue weighted by Gasteiger charge is 2.14. The van der Waals surface area contributed by atoms with Crippen molar-refractivity contribution in [2.45, 2.75) is 18.2 Å². The summed E-state index contributed by atoms with van der Waals surface area (Å²) in [6.45, 7) is 2.44. The van der Waals surface area contributed by atoms with Crippen LogP contribution in [-0.2, 0) is 14.8 Å². The summed E-state index contributed by atoms with van der Waals surface area (Å²) in [5.41, 5.74) is 0.429. The summed E-state index contributed by atoms with van der Waals surface area (Å²) in [6, 6.07) is 12.4. The molecule has 2 aromatic carbocycles. The van der Waals surface area contributed by atoms with Crippen molar-refractivity contribution in [1.82, 2.24) is 5.32 Å². The van der Waals surface area contributed by atoms with Crippen LogP contribution in [0.5, 0.6) is 11.5 Å². The molecule has 0 heterocycles. The molecule has 0 aliphatic rings. The molecule has 1 amide bonds. The van der Waals surface area contributed by atoms with Gasteiger partial charge in [-0.25, -0.2) is 8.42 Å². The largest absolute Gasteiger partial charge is 0.497 e. The van der Waals surface area contributed by atoms with Gasteiger partial charge in [0.15, 0.2) is 6.61 Å². The molecular weight excluding hydrogens is 356 g/mol. The highest BCUT2D eigenvalue weighted by molar-refractivity contribution is 7.92. The van der Waals surface area contributed by atoms with Gasteiger partial charge in [0.2, 0.25) is 0 Å². The summed E-state index contributed by atoms with van der Waals surface area (Å²) in [4.78, 5) is 11.6. The normalized spacial score (nSPS) is 10.8. The van der Waals surface area contributed by atoms with Gasteiger partial charge in [-0.05, 0) is 55.0 Å². The Balaban J connectivity index is 1.98. The maximum atomic E-state index is 12.4. The molecule has 0 unspecified atom stereocenters. The zero-order chi connectivity index (χ0) is 19.0. The van der Waals surface area contributed by atoms with Crippen molar-refractivity contribution in [1.29, 1.82) is 0 Å². The Kier molecular flexibility index (Phi) is 6.85. The molecule has 0 radical (unpaired) electrons. The molecule has 2 rings (SSSR count). The predicted octanol–water partition coefficient (Wildman–Crippen LogP) is 2.40. The molecule has 0 bridgehead atoms. The average molecular weight is 378 g/mol. The summed E-state index contributed by atoms with van der Waals surface area (Å²) in [7, 11) is -2.18. The first-order chi connectivity index (χ1) is 12.4. The van der Waals surface area contributed by atoms with Crippen LogP contribution >= 0.6 is 0 Å². The van der Waals surface area contributed by atoms with Gasteiger partial charge >= 0.3 is 0 Å². The molecule has 0 spiro atoms.